The van der Waals surface area contributed by atoms with E-state index in [1.165, 1.54) is 18.2 Å². The highest BCUT2D eigenvalue weighted by atomic mass is 127. The number of unbranched alkanes of at least 4 members (excludes halogenated alkanes) is 1. The van der Waals surface area contributed by atoms with E-state index in [0.29, 0.717) is 0 Å². The van der Waals surface area contributed by atoms with Gasteiger partial charge in [0.1, 0.15) is 5.82 Å². The van der Waals surface area contributed by atoms with Crippen molar-refractivity contribution in [1.29, 1.82) is 0 Å². The van der Waals surface area contributed by atoms with Crippen LogP contribution in [0, 0.1) is 5.82 Å². The van der Waals surface area contributed by atoms with Crippen LogP contribution in [-0.4, -0.2) is 43.1 Å². The maximum Gasteiger partial charge on any atom is 0.190 e. The normalized spacial score (nSPS) is 11.4. The van der Waals surface area contributed by atoms with Gasteiger partial charge in [-0.2, -0.15) is 11.8 Å². The number of thioether (sulfide) groups is 1. The first-order valence-electron chi connectivity index (χ1n) is 7.93. The second-order valence-corrected chi connectivity index (χ2v) is 6.37. The van der Waals surface area contributed by atoms with Crippen LogP contribution in [-0.2, 0) is 6.42 Å². The Kier molecular flexibility index (Phi) is 10.2. The molecule has 1 aromatic heterocycles. The summed E-state index contributed by atoms with van der Waals surface area (Å²) in [7, 11) is 1.78. The Morgan fingerprint density at radius 1 is 1.25 bits per heavy atom. The van der Waals surface area contributed by atoms with Crippen molar-refractivity contribution in [2.24, 2.45) is 4.99 Å². The Labute approximate surface area is 164 Å². The second kappa shape index (κ2) is 11.6. The molecule has 0 radical (unpaired) electrons. The molecule has 0 saturated heterocycles. The fourth-order valence-corrected chi connectivity index (χ4v) is 2.96. The van der Waals surface area contributed by atoms with Crippen molar-refractivity contribution in [2.45, 2.75) is 19.3 Å². The minimum Gasteiger partial charge on any atom is -0.361 e. The molecule has 0 aliphatic carbocycles. The van der Waals surface area contributed by atoms with Crippen molar-refractivity contribution in [3.63, 3.8) is 0 Å². The molecule has 134 valence electrons. The van der Waals surface area contributed by atoms with Crippen LogP contribution in [0.2, 0.25) is 0 Å². The SMILES string of the molecule is CN=C(NCCCCSC)NCCc1c[nH]c2ccc(F)cc12.I. The number of rotatable bonds is 8. The zero-order valence-electron chi connectivity index (χ0n) is 14.2. The van der Waals surface area contributed by atoms with Gasteiger partial charge in [-0.05, 0) is 55.0 Å². The number of aromatic nitrogens is 1. The highest BCUT2D eigenvalue weighted by Gasteiger charge is 2.05. The van der Waals surface area contributed by atoms with Crippen LogP contribution >= 0.6 is 35.7 Å². The van der Waals surface area contributed by atoms with Crippen molar-refractivity contribution in [3.8, 4) is 0 Å². The summed E-state index contributed by atoms with van der Waals surface area (Å²) in [6.07, 6.45) is 7.25. The number of hydrogen-bond acceptors (Lipinski definition) is 2. The van der Waals surface area contributed by atoms with E-state index in [1.807, 2.05) is 18.0 Å². The predicted octanol–water partition coefficient (Wildman–Crippen LogP) is 3.78. The Balaban J connectivity index is 0.00000288. The van der Waals surface area contributed by atoms with Gasteiger partial charge in [0, 0.05) is 37.2 Å². The van der Waals surface area contributed by atoms with Gasteiger partial charge in [0.25, 0.3) is 0 Å². The standard InChI is InChI=1S/C17H25FN4S.HI/c1-19-17(20-8-3-4-10-23-2)21-9-7-13-12-22-16-6-5-14(18)11-15(13)16;/h5-6,11-12,22H,3-4,7-10H2,1-2H3,(H2,19,20,21);1H. The summed E-state index contributed by atoms with van der Waals surface area (Å²) in [6, 6.07) is 4.83. The summed E-state index contributed by atoms with van der Waals surface area (Å²) in [5.74, 6) is 1.82. The third-order valence-corrected chi connectivity index (χ3v) is 4.40. The average molecular weight is 464 g/mol. The van der Waals surface area contributed by atoms with Crippen molar-refractivity contribution in [3.05, 3.63) is 35.8 Å². The largest absolute Gasteiger partial charge is 0.361 e. The Bertz CT molecular complexity index is 645. The van der Waals surface area contributed by atoms with E-state index in [9.17, 15) is 4.39 Å². The number of fused-ring (bicyclic) bond motifs is 1. The van der Waals surface area contributed by atoms with Crippen LogP contribution < -0.4 is 10.6 Å². The van der Waals surface area contributed by atoms with Gasteiger partial charge in [0.15, 0.2) is 5.96 Å². The monoisotopic (exact) mass is 464 g/mol. The number of hydrogen-bond donors (Lipinski definition) is 3. The van der Waals surface area contributed by atoms with E-state index in [2.05, 4.69) is 26.9 Å². The molecule has 0 unspecified atom stereocenters. The molecule has 24 heavy (non-hydrogen) atoms. The van der Waals surface area contributed by atoms with Crippen LogP contribution in [0.3, 0.4) is 0 Å². The molecule has 0 amide bonds. The summed E-state index contributed by atoms with van der Waals surface area (Å²) in [4.78, 5) is 7.40. The molecule has 2 aromatic rings. The quantitative estimate of drug-likeness (QED) is 0.241. The maximum atomic E-state index is 13.4. The molecule has 1 heterocycles. The molecule has 0 bridgehead atoms. The van der Waals surface area contributed by atoms with Crippen molar-refractivity contribution < 1.29 is 4.39 Å². The van der Waals surface area contributed by atoms with E-state index < -0.39 is 0 Å². The number of benzene rings is 1. The molecule has 0 saturated carbocycles. The van der Waals surface area contributed by atoms with E-state index in [0.717, 1.165) is 48.4 Å². The lowest BCUT2D eigenvalue weighted by Crippen LogP contribution is -2.38. The minimum atomic E-state index is -0.200. The van der Waals surface area contributed by atoms with Crippen LogP contribution in [0.4, 0.5) is 4.39 Å². The summed E-state index contributed by atoms with van der Waals surface area (Å²) >= 11 is 1.88. The number of aromatic amines is 1. The number of H-pyrrole nitrogens is 1. The van der Waals surface area contributed by atoms with Crippen LogP contribution in [0.15, 0.2) is 29.4 Å². The average Bonchev–Trinajstić information content (AvgIpc) is 2.95. The van der Waals surface area contributed by atoms with Gasteiger partial charge in [-0.25, -0.2) is 4.39 Å². The Morgan fingerprint density at radius 3 is 2.79 bits per heavy atom. The van der Waals surface area contributed by atoms with Gasteiger partial charge in [-0.15, -0.1) is 24.0 Å². The number of nitrogens with one attached hydrogen (secondary N) is 3. The molecule has 0 spiro atoms. The molecular weight excluding hydrogens is 438 g/mol. The molecule has 4 nitrogen and oxygen atoms in total. The van der Waals surface area contributed by atoms with Crippen molar-refractivity contribution >= 4 is 52.6 Å². The van der Waals surface area contributed by atoms with Gasteiger partial charge in [0.05, 0.1) is 0 Å². The van der Waals surface area contributed by atoms with Crippen LogP contribution in [0.1, 0.15) is 18.4 Å². The van der Waals surface area contributed by atoms with Crippen LogP contribution in [0.5, 0.6) is 0 Å². The molecule has 0 aliphatic heterocycles. The first kappa shape index (κ1) is 21.1. The number of halogens is 2. The maximum absolute atomic E-state index is 13.4. The van der Waals surface area contributed by atoms with Crippen LogP contribution in [0.25, 0.3) is 10.9 Å². The lowest BCUT2D eigenvalue weighted by molar-refractivity contribution is 0.629. The van der Waals surface area contributed by atoms with Gasteiger partial charge in [-0.1, -0.05) is 0 Å². The van der Waals surface area contributed by atoms with Gasteiger partial charge >= 0.3 is 0 Å². The van der Waals surface area contributed by atoms with E-state index in [-0.39, 0.29) is 29.8 Å². The van der Waals surface area contributed by atoms with Crippen molar-refractivity contribution in [1.82, 2.24) is 15.6 Å². The first-order chi connectivity index (χ1) is 11.2. The molecule has 0 aliphatic rings. The van der Waals surface area contributed by atoms with Crippen molar-refractivity contribution in [2.75, 3.05) is 32.1 Å². The third kappa shape index (κ3) is 6.51. The zero-order valence-corrected chi connectivity index (χ0v) is 17.3. The third-order valence-electron chi connectivity index (χ3n) is 3.71. The molecule has 7 heteroatoms. The predicted molar refractivity (Wildman–Crippen MR) is 114 cm³/mol. The second-order valence-electron chi connectivity index (χ2n) is 5.38. The molecule has 1 aromatic carbocycles. The van der Waals surface area contributed by atoms with Gasteiger partial charge < -0.3 is 15.6 Å². The Morgan fingerprint density at radius 2 is 2.04 bits per heavy atom. The summed E-state index contributed by atoms with van der Waals surface area (Å²) in [6.45, 7) is 1.69. The highest BCUT2D eigenvalue weighted by Crippen LogP contribution is 2.19. The van der Waals surface area contributed by atoms with E-state index in [4.69, 9.17) is 0 Å². The van der Waals surface area contributed by atoms with E-state index in [1.54, 1.807) is 19.2 Å². The summed E-state index contributed by atoms with van der Waals surface area (Å²) < 4.78 is 13.4. The highest BCUT2D eigenvalue weighted by molar-refractivity contribution is 14.0. The lowest BCUT2D eigenvalue weighted by atomic mass is 10.1. The molecular formula is C17H26FIN4S. The summed E-state index contributed by atoms with van der Waals surface area (Å²) in [5.41, 5.74) is 2.08. The number of guanidine groups is 1. The zero-order chi connectivity index (χ0) is 16.5. The van der Waals surface area contributed by atoms with E-state index >= 15 is 0 Å². The molecule has 3 N–H and O–H groups in total. The van der Waals surface area contributed by atoms with Gasteiger partial charge in [-0.3, -0.25) is 4.99 Å². The number of aliphatic imine (C=N–C) groups is 1. The summed E-state index contributed by atoms with van der Waals surface area (Å²) in [5, 5.41) is 7.57. The molecule has 0 atom stereocenters. The van der Waals surface area contributed by atoms with Gasteiger partial charge in [0.2, 0.25) is 0 Å². The Hall–Kier alpha value is -0.960. The fourth-order valence-electron chi connectivity index (χ4n) is 2.47. The first-order valence-corrected chi connectivity index (χ1v) is 9.33. The molecule has 2 rings (SSSR count). The topological polar surface area (TPSA) is 52.2 Å². The molecule has 0 fully saturated rings. The number of nitrogens with zero attached hydrogens (tertiary/aromatic N) is 1. The lowest BCUT2D eigenvalue weighted by Gasteiger charge is -2.11. The smallest absolute Gasteiger partial charge is 0.190 e. The minimum absolute atomic E-state index is 0. The fraction of sp³-hybridized carbons (Fsp3) is 0.471.